The number of hydrogen-bond donors (Lipinski definition) is 2. The normalized spacial score (nSPS) is 23.4. The number of nitrogens with one attached hydrogen (secondary N) is 2. The highest BCUT2D eigenvalue weighted by molar-refractivity contribution is 5.77. The Labute approximate surface area is 128 Å². The predicted octanol–water partition coefficient (Wildman–Crippen LogP) is 3.89. The maximum atomic E-state index is 13.6. The van der Waals surface area contributed by atoms with Crippen molar-refractivity contribution < 1.29 is 8.78 Å². The van der Waals surface area contributed by atoms with E-state index in [-0.39, 0.29) is 0 Å². The molecule has 2 aromatic rings. The van der Waals surface area contributed by atoms with Gasteiger partial charge in [-0.3, -0.25) is 0 Å². The zero-order chi connectivity index (χ0) is 15.1. The molecule has 2 aromatic carbocycles. The maximum Gasteiger partial charge on any atom is 0.126 e. The van der Waals surface area contributed by atoms with Gasteiger partial charge >= 0.3 is 0 Å². The molecule has 2 aliphatic rings. The summed E-state index contributed by atoms with van der Waals surface area (Å²) in [5.41, 5.74) is 3.88. The van der Waals surface area contributed by atoms with Gasteiger partial charge in [-0.2, -0.15) is 0 Å². The average Bonchev–Trinajstić information content (AvgIpc) is 2.68. The van der Waals surface area contributed by atoms with Gasteiger partial charge in [-0.15, -0.1) is 0 Å². The highest BCUT2D eigenvalue weighted by Gasteiger charge is 2.34. The molecule has 0 bridgehead atoms. The summed E-state index contributed by atoms with van der Waals surface area (Å²) in [6.45, 7) is 1.99. The lowest BCUT2D eigenvalue weighted by Gasteiger charge is -2.18. The van der Waals surface area contributed by atoms with Crippen LogP contribution in [-0.4, -0.2) is 19.1 Å². The number of halogens is 2. The van der Waals surface area contributed by atoms with E-state index in [0.29, 0.717) is 17.5 Å². The van der Waals surface area contributed by atoms with Gasteiger partial charge in [-0.25, -0.2) is 8.78 Å². The molecule has 0 saturated carbocycles. The van der Waals surface area contributed by atoms with Crippen LogP contribution in [0.5, 0.6) is 0 Å². The first kappa shape index (κ1) is 13.7. The Bertz CT molecular complexity index is 694. The van der Waals surface area contributed by atoms with Crippen LogP contribution in [0, 0.1) is 11.6 Å². The minimum atomic E-state index is -0.530. The minimum absolute atomic E-state index is 0.396. The van der Waals surface area contributed by atoms with Crippen LogP contribution >= 0.6 is 0 Å². The number of fused-ring (bicyclic) bond motifs is 3. The van der Waals surface area contributed by atoms with Gasteiger partial charge in [0.2, 0.25) is 0 Å². The van der Waals surface area contributed by atoms with E-state index in [0.717, 1.165) is 43.2 Å². The number of benzene rings is 2. The maximum absolute atomic E-state index is 13.6. The monoisotopic (exact) mass is 300 g/mol. The van der Waals surface area contributed by atoms with Gasteiger partial charge in [0.05, 0.1) is 0 Å². The van der Waals surface area contributed by atoms with Gasteiger partial charge in [-0.1, -0.05) is 12.1 Å². The molecule has 22 heavy (non-hydrogen) atoms. The molecule has 4 heteroatoms. The van der Waals surface area contributed by atoms with E-state index in [1.54, 1.807) is 0 Å². The molecule has 114 valence electrons. The third kappa shape index (κ3) is 2.28. The van der Waals surface area contributed by atoms with Crippen LogP contribution < -0.4 is 10.6 Å². The summed E-state index contributed by atoms with van der Waals surface area (Å²) in [7, 11) is 0. The predicted molar refractivity (Wildman–Crippen MR) is 84.0 cm³/mol. The van der Waals surface area contributed by atoms with Gasteiger partial charge < -0.3 is 10.6 Å². The Hall–Kier alpha value is -1.94. The fourth-order valence-electron chi connectivity index (χ4n) is 3.81. The van der Waals surface area contributed by atoms with Crippen LogP contribution in [-0.2, 0) is 0 Å². The van der Waals surface area contributed by atoms with Crippen molar-refractivity contribution in [3.8, 4) is 11.1 Å². The van der Waals surface area contributed by atoms with Crippen LogP contribution in [0.3, 0.4) is 0 Å². The topological polar surface area (TPSA) is 24.1 Å². The van der Waals surface area contributed by atoms with E-state index < -0.39 is 11.6 Å². The van der Waals surface area contributed by atoms with Crippen molar-refractivity contribution in [1.82, 2.24) is 5.32 Å². The Balaban J connectivity index is 1.84. The molecule has 1 saturated heterocycles. The first-order valence-electron chi connectivity index (χ1n) is 7.79. The SMILES string of the molecule is Fc1cc(F)cc(-c2cccc3c2C2CCNCCC2N3)c1. The van der Waals surface area contributed by atoms with Gasteiger partial charge in [0, 0.05) is 23.7 Å². The molecule has 4 rings (SSSR count). The second kappa shape index (κ2) is 5.36. The largest absolute Gasteiger partial charge is 0.381 e. The number of hydrogen-bond acceptors (Lipinski definition) is 2. The molecule has 1 fully saturated rings. The third-order valence-corrected chi connectivity index (χ3v) is 4.74. The highest BCUT2D eigenvalue weighted by Crippen LogP contribution is 2.45. The summed E-state index contributed by atoms with van der Waals surface area (Å²) in [5, 5.41) is 7.01. The van der Waals surface area contributed by atoms with Gasteiger partial charge in [0.25, 0.3) is 0 Å². The molecule has 2 heterocycles. The van der Waals surface area contributed by atoms with Gasteiger partial charge in [0.1, 0.15) is 11.6 Å². The summed E-state index contributed by atoms with van der Waals surface area (Å²) in [6.07, 6.45) is 2.11. The average molecular weight is 300 g/mol. The molecule has 0 radical (unpaired) electrons. The van der Waals surface area contributed by atoms with Crippen molar-refractivity contribution in [3.63, 3.8) is 0 Å². The zero-order valence-corrected chi connectivity index (χ0v) is 12.2. The number of rotatable bonds is 1. The van der Waals surface area contributed by atoms with E-state index in [1.165, 1.54) is 17.7 Å². The van der Waals surface area contributed by atoms with E-state index >= 15 is 0 Å². The fourth-order valence-corrected chi connectivity index (χ4v) is 3.81. The first-order chi connectivity index (χ1) is 10.7. The van der Waals surface area contributed by atoms with Crippen molar-refractivity contribution in [2.24, 2.45) is 0 Å². The Morgan fingerprint density at radius 3 is 2.55 bits per heavy atom. The Morgan fingerprint density at radius 1 is 0.955 bits per heavy atom. The van der Waals surface area contributed by atoms with Crippen LogP contribution in [0.25, 0.3) is 11.1 Å². The van der Waals surface area contributed by atoms with Crippen LogP contribution in [0.1, 0.15) is 24.3 Å². The standard InChI is InChI=1S/C18H18F2N2/c19-12-8-11(9-13(20)10-12)14-2-1-3-17-18(14)15-4-6-21-7-5-16(15)22-17/h1-3,8-10,15-16,21-22H,4-7H2. The summed E-state index contributed by atoms with van der Waals surface area (Å²) in [5.74, 6) is -0.664. The molecule has 0 amide bonds. The lowest BCUT2D eigenvalue weighted by atomic mass is 9.86. The molecular weight excluding hydrogens is 282 g/mol. The zero-order valence-electron chi connectivity index (χ0n) is 12.2. The van der Waals surface area contributed by atoms with Crippen molar-refractivity contribution in [3.05, 3.63) is 53.6 Å². The summed E-state index contributed by atoms with van der Waals surface area (Å²) in [4.78, 5) is 0. The van der Waals surface area contributed by atoms with Crippen molar-refractivity contribution in [2.45, 2.75) is 24.8 Å². The van der Waals surface area contributed by atoms with Crippen molar-refractivity contribution in [2.75, 3.05) is 18.4 Å². The highest BCUT2D eigenvalue weighted by atomic mass is 19.1. The Morgan fingerprint density at radius 2 is 1.73 bits per heavy atom. The quantitative estimate of drug-likeness (QED) is 0.835. The number of anilines is 1. The molecule has 2 nitrogen and oxygen atoms in total. The fraction of sp³-hybridized carbons (Fsp3) is 0.333. The smallest absolute Gasteiger partial charge is 0.126 e. The van der Waals surface area contributed by atoms with E-state index in [1.807, 2.05) is 12.1 Å². The van der Waals surface area contributed by atoms with E-state index in [4.69, 9.17) is 0 Å². The second-order valence-corrected chi connectivity index (χ2v) is 6.11. The van der Waals surface area contributed by atoms with Crippen LogP contribution in [0.2, 0.25) is 0 Å². The summed E-state index contributed by atoms with van der Waals surface area (Å²) < 4.78 is 27.2. The molecular formula is C18H18F2N2. The second-order valence-electron chi connectivity index (χ2n) is 6.11. The summed E-state index contributed by atoms with van der Waals surface area (Å²) in [6, 6.07) is 10.1. The van der Waals surface area contributed by atoms with Gasteiger partial charge in [0.15, 0.2) is 0 Å². The van der Waals surface area contributed by atoms with Crippen molar-refractivity contribution >= 4 is 5.69 Å². The van der Waals surface area contributed by atoms with Crippen LogP contribution in [0.4, 0.5) is 14.5 Å². The summed E-state index contributed by atoms with van der Waals surface area (Å²) >= 11 is 0. The Kier molecular flexibility index (Phi) is 3.34. The van der Waals surface area contributed by atoms with E-state index in [2.05, 4.69) is 16.7 Å². The molecule has 2 aliphatic heterocycles. The van der Waals surface area contributed by atoms with E-state index in [9.17, 15) is 8.78 Å². The molecule has 0 spiro atoms. The molecule has 0 aromatic heterocycles. The molecule has 2 N–H and O–H groups in total. The molecule has 2 unspecified atom stereocenters. The van der Waals surface area contributed by atoms with Crippen molar-refractivity contribution in [1.29, 1.82) is 0 Å². The van der Waals surface area contributed by atoms with Crippen LogP contribution in [0.15, 0.2) is 36.4 Å². The third-order valence-electron chi connectivity index (χ3n) is 4.74. The lowest BCUT2D eigenvalue weighted by Crippen LogP contribution is -2.21. The first-order valence-corrected chi connectivity index (χ1v) is 7.79. The lowest BCUT2D eigenvalue weighted by molar-refractivity contribution is 0.578. The molecule has 0 aliphatic carbocycles. The molecule has 2 atom stereocenters. The van der Waals surface area contributed by atoms with Gasteiger partial charge in [-0.05, 0) is 60.8 Å². The minimum Gasteiger partial charge on any atom is -0.381 e.